The number of halogens is 4. The number of benzene rings is 2. The third-order valence-corrected chi connectivity index (χ3v) is 6.59. The number of fused-ring (bicyclic) bond motifs is 9. The van der Waals surface area contributed by atoms with E-state index >= 15 is 0 Å². The molecule has 0 spiro atoms. The van der Waals surface area contributed by atoms with Crippen LogP contribution in [0.1, 0.15) is 57.8 Å². The number of carbonyl (C=O) groups excluding carboxylic acids is 2. The lowest BCUT2D eigenvalue weighted by Gasteiger charge is -2.24. The molecule has 4 heterocycles. The summed E-state index contributed by atoms with van der Waals surface area (Å²) in [5.74, 6) is -2.65. The number of nitrogens with one attached hydrogen (secondary N) is 1. The molecule has 1 unspecified atom stereocenters. The van der Waals surface area contributed by atoms with Crippen LogP contribution in [0.15, 0.2) is 42.6 Å². The Bertz CT molecular complexity index is 1650. The number of rotatable bonds is 4. The van der Waals surface area contributed by atoms with Crippen molar-refractivity contribution in [1.82, 2.24) is 24.8 Å². The van der Waals surface area contributed by atoms with Crippen molar-refractivity contribution in [3.05, 3.63) is 71.2 Å². The van der Waals surface area contributed by atoms with Crippen LogP contribution in [0.3, 0.4) is 0 Å². The van der Waals surface area contributed by atoms with Crippen molar-refractivity contribution in [2.45, 2.75) is 37.9 Å². The van der Waals surface area contributed by atoms with Gasteiger partial charge in [0.05, 0.1) is 28.8 Å². The highest BCUT2D eigenvalue weighted by Gasteiger charge is 2.44. The number of alkyl halides is 3. The average Bonchev–Trinajstić information content (AvgIpc) is 3.34. The van der Waals surface area contributed by atoms with Crippen molar-refractivity contribution in [2.24, 2.45) is 0 Å². The molecule has 0 aliphatic carbocycles. The lowest BCUT2D eigenvalue weighted by molar-refractivity contribution is -0.274. The van der Waals surface area contributed by atoms with Gasteiger partial charge in [-0.2, -0.15) is 0 Å². The Morgan fingerprint density at radius 3 is 2.68 bits per heavy atom. The van der Waals surface area contributed by atoms with Gasteiger partial charge >= 0.3 is 6.36 Å². The van der Waals surface area contributed by atoms with E-state index in [1.165, 1.54) is 49.5 Å². The number of amides is 1. The van der Waals surface area contributed by atoms with Gasteiger partial charge in [-0.15, -0.1) is 13.2 Å². The van der Waals surface area contributed by atoms with Crippen molar-refractivity contribution < 1.29 is 37.0 Å². The summed E-state index contributed by atoms with van der Waals surface area (Å²) in [5, 5.41) is 12.4. The highest BCUT2D eigenvalue weighted by atomic mass is 19.4. The van der Waals surface area contributed by atoms with Crippen LogP contribution in [0, 0.1) is 5.82 Å². The van der Waals surface area contributed by atoms with E-state index < -0.39 is 53.6 Å². The molecule has 194 valence electrons. The van der Waals surface area contributed by atoms with Gasteiger partial charge in [-0.05, 0) is 43.7 Å². The molecule has 2 aromatic heterocycles. The Kier molecular flexibility index (Phi) is 5.24. The Labute approximate surface area is 211 Å². The fourth-order valence-corrected chi connectivity index (χ4v) is 5.07. The molecule has 0 fully saturated rings. The lowest BCUT2D eigenvalue weighted by atomic mass is 9.93. The summed E-state index contributed by atoms with van der Waals surface area (Å²) in [5.41, 5.74) is 0.458. The van der Waals surface area contributed by atoms with E-state index in [-0.39, 0.29) is 28.8 Å². The Hall–Kier alpha value is -4.39. The molecule has 0 saturated carbocycles. The number of imidazole rings is 1. The Morgan fingerprint density at radius 2 is 1.95 bits per heavy atom. The smallest absolute Gasteiger partial charge is 0.405 e. The third kappa shape index (κ3) is 3.77. The predicted molar refractivity (Wildman–Crippen MR) is 123 cm³/mol. The topological polar surface area (TPSA) is 119 Å². The number of hydrogen-bond donors (Lipinski definition) is 2. The number of aliphatic hydroxyl groups is 1. The second-order valence-electron chi connectivity index (χ2n) is 9.01. The number of hydrogen-bond acceptors (Lipinski definition) is 7. The van der Waals surface area contributed by atoms with E-state index in [9.17, 15) is 32.3 Å². The highest BCUT2D eigenvalue weighted by Crippen LogP contribution is 2.50. The molecule has 2 aromatic carbocycles. The maximum Gasteiger partial charge on any atom is 0.573 e. The molecule has 0 saturated heterocycles. The van der Waals surface area contributed by atoms with Crippen LogP contribution in [-0.4, -0.2) is 48.8 Å². The second-order valence-corrected chi connectivity index (χ2v) is 9.01. The lowest BCUT2D eigenvalue weighted by Crippen LogP contribution is -2.28. The first-order chi connectivity index (χ1) is 18.0. The molecule has 4 aromatic rings. The minimum absolute atomic E-state index is 0.0375. The van der Waals surface area contributed by atoms with Crippen LogP contribution >= 0.6 is 0 Å². The summed E-state index contributed by atoms with van der Waals surface area (Å²) in [6.07, 6.45) is -5.21. The van der Waals surface area contributed by atoms with Gasteiger partial charge in [-0.1, -0.05) is 0 Å². The molecule has 1 amide bonds. The zero-order valence-electron chi connectivity index (χ0n) is 19.5. The number of aromatic nitrogens is 4. The first kappa shape index (κ1) is 24.0. The number of carbonyl (C=O) groups is 2. The Balaban J connectivity index is 1.62. The van der Waals surface area contributed by atoms with E-state index in [4.69, 9.17) is 0 Å². The molecule has 38 heavy (non-hydrogen) atoms. The van der Waals surface area contributed by atoms with Gasteiger partial charge in [0.1, 0.15) is 23.5 Å². The van der Waals surface area contributed by atoms with Crippen LogP contribution in [0.25, 0.3) is 22.3 Å². The third-order valence-electron chi connectivity index (χ3n) is 6.59. The SMILES string of the molecule is CC(O)C(=O)c1nccc(-c2ccc3c(c2OC(F)(F)F)[C@H]2C[C@@H](NC3=O)c3nc4cc(F)ccc4n32)n1. The van der Waals surface area contributed by atoms with E-state index in [2.05, 4.69) is 25.0 Å². The van der Waals surface area contributed by atoms with Gasteiger partial charge in [0.25, 0.3) is 5.91 Å². The van der Waals surface area contributed by atoms with Gasteiger partial charge in [0.2, 0.25) is 5.78 Å². The van der Waals surface area contributed by atoms with Crippen LogP contribution in [-0.2, 0) is 0 Å². The fourth-order valence-electron chi connectivity index (χ4n) is 5.07. The quantitative estimate of drug-likeness (QED) is 0.306. The molecular formula is C25H17F4N5O4. The van der Waals surface area contributed by atoms with E-state index in [0.29, 0.717) is 16.9 Å². The summed E-state index contributed by atoms with van der Waals surface area (Å²) < 4.78 is 61.5. The summed E-state index contributed by atoms with van der Waals surface area (Å²) in [4.78, 5) is 37.7. The predicted octanol–water partition coefficient (Wildman–Crippen LogP) is 3.87. The molecular weight excluding hydrogens is 510 g/mol. The van der Waals surface area contributed by atoms with Gasteiger partial charge in [0, 0.05) is 29.0 Å². The summed E-state index contributed by atoms with van der Waals surface area (Å²) in [6, 6.07) is 6.35. The molecule has 0 radical (unpaired) electrons. The van der Waals surface area contributed by atoms with Crippen LogP contribution < -0.4 is 10.1 Å². The number of nitrogens with zero attached hydrogens (tertiary/aromatic N) is 4. The minimum Gasteiger partial charge on any atom is -0.405 e. The largest absolute Gasteiger partial charge is 0.573 e. The van der Waals surface area contributed by atoms with Crippen molar-refractivity contribution in [2.75, 3.05) is 0 Å². The average molecular weight is 527 g/mol. The first-order valence-electron chi connectivity index (χ1n) is 11.5. The van der Waals surface area contributed by atoms with Crippen LogP contribution in [0.5, 0.6) is 5.75 Å². The summed E-state index contributed by atoms with van der Waals surface area (Å²) in [6.45, 7) is 1.22. The first-order valence-corrected chi connectivity index (χ1v) is 11.5. The van der Waals surface area contributed by atoms with Gasteiger partial charge in [-0.25, -0.2) is 19.3 Å². The van der Waals surface area contributed by atoms with Gasteiger partial charge < -0.3 is 19.7 Å². The second kappa shape index (κ2) is 8.31. The van der Waals surface area contributed by atoms with Crippen molar-refractivity contribution >= 4 is 22.7 Å². The summed E-state index contributed by atoms with van der Waals surface area (Å²) in [7, 11) is 0. The van der Waals surface area contributed by atoms with Crippen molar-refractivity contribution in [3.8, 4) is 17.0 Å². The minimum atomic E-state index is -5.14. The van der Waals surface area contributed by atoms with Crippen LogP contribution in [0.4, 0.5) is 17.6 Å². The monoisotopic (exact) mass is 527 g/mol. The molecule has 2 aliphatic heterocycles. The Morgan fingerprint density at radius 1 is 1.18 bits per heavy atom. The summed E-state index contributed by atoms with van der Waals surface area (Å²) >= 11 is 0. The number of ketones is 1. The zero-order chi connectivity index (χ0) is 26.9. The maximum absolute atomic E-state index is 13.9. The molecule has 3 atom stereocenters. The van der Waals surface area contributed by atoms with E-state index in [1.807, 2.05) is 0 Å². The molecule has 13 heteroatoms. The number of ether oxygens (including phenoxy) is 1. The molecule has 2 aliphatic rings. The van der Waals surface area contributed by atoms with Crippen molar-refractivity contribution in [1.29, 1.82) is 0 Å². The maximum atomic E-state index is 13.9. The number of aliphatic hydroxyl groups excluding tert-OH is 1. The number of Topliss-reactive ketones (excluding diaryl/α,β-unsaturated/α-hetero) is 1. The van der Waals surface area contributed by atoms with E-state index in [0.717, 1.165) is 0 Å². The molecule has 6 rings (SSSR count). The van der Waals surface area contributed by atoms with Gasteiger partial charge in [0.15, 0.2) is 5.82 Å². The highest BCUT2D eigenvalue weighted by molar-refractivity contribution is 5.99. The van der Waals surface area contributed by atoms with Gasteiger partial charge in [-0.3, -0.25) is 9.59 Å². The normalized spacial score (nSPS) is 18.9. The zero-order valence-corrected chi connectivity index (χ0v) is 19.5. The molecule has 2 bridgehead atoms. The fraction of sp³-hybridized carbons (Fsp3) is 0.240. The van der Waals surface area contributed by atoms with E-state index in [1.54, 1.807) is 4.57 Å². The van der Waals surface area contributed by atoms with Crippen molar-refractivity contribution in [3.63, 3.8) is 0 Å². The molecule has 9 nitrogen and oxygen atoms in total. The molecule has 2 N–H and O–H groups in total. The standard InChI is InChI=1S/C25H17F4N5O4/c1-10(35)20(36)22-30-7-6-14(31-22)12-3-4-13-19(21(12)38-25(27,28)29)18-9-16(33-24(13)37)23-32-15-8-11(26)2-5-17(15)34(18)23/h2-8,10,16,18,35H,9H2,1H3,(H,33,37)/t10?,16-,18-/m1/s1. The van der Waals surface area contributed by atoms with Crippen LogP contribution in [0.2, 0.25) is 0 Å².